The Balaban J connectivity index is 2.53. The van der Waals surface area contributed by atoms with Crippen molar-refractivity contribution in [2.24, 2.45) is 7.05 Å². The molecule has 0 amide bonds. The molecule has 0 saturated carbocycles. The summed E-state index contributed by atoms with van der Waals surface area (Å²) in [5.41, 5.74) is 1.41. The van der Waals surface area contributed by atoms with Crippen LogP contribution in [0.1, 0.15) is 26.3 Å². The highest BCUT2D eigenvalue weighted by Crippen LogP contribution is 2.26. The first kappa shape index (κ1) is 13.5. The van der Waals surface area contributed by atoms with Crippen molar-refractivity contribution in [1.82, 2.24) is 14.9 Å². The molecule has 2 rings (SSSR count). The molecule has 2 aromatic rings. The molecule has 2 heterocycles. The highest BCUT2D eigenvalue weighted by molar-refractivity contribution is 5.83. The van der Waals surface area contributed by atoms with Gasteiger partial charge in [0.1, 0.15) is 11.8 Å². The third kappa shape index (κ3) is 2.73. The molecule has 0 unspecified atom stereocenters. The molecule has 0 saturated heterocycles. The van der Waals surface area contributed by atoms with Gasteiger partial charge < -0.3 is 9.88 Å². The zero-order chi connectivity index (χ0) is 14.2. The molecule has 19 heavy (non-hydrogen) atoms. The van der Waals surface area contributed by atoms with Crippen molar-refractivity contribution < 1.29 is 4.92 Å². The van der Waals surface area contributed by atoms with Crippen LogP contribution in [0.5, 0.6) is 0 Å². The average molecular weight is 262 g/mol. The number of hydrogen-bond acceptors (Lipinski definition) is 4. The standard InChI is InChI=1S/C13H18N4O2/c1-13(2,3)15-7-10-9-5-6-16(4)12(9)14-8-11(10)17(18)19/h5-6,8,15H,7H2,1-4H3. The second kappa shape index (κ2) is 4.62. The van der Waals surface area contributed by atoms with Gasteiger partial charge in [-0.1, -0.05) is 0 Å². The van der Waals surface area contributed by atoms with Crippen molar-refractivity contribution in [2.75, 3.05) is 0 Å². The quantitative estimate of drug-likeness (QED) is 0.680. The minimum atomic E-state index is -0.376. The molecule has 0 fully saturated rings. The highest BCUT2D eigenvalue weighted by Gasteiger charge is 2.20. The van der Waals surface area contributed by atoms with Gasteiger partial charge in [-0.3, -0.25) is 10.1 Å². The first-order valence-electron chi connectivity index (χ1n) is 6.12. The molecule has 1 N–H and O–H groups in total. The molecule has 0 aromatic carbocycles. The van der Waals surface area contributed by atoms with Crippen LogP contribution >= 0.6 is 0 Å². The van der Waals surface area contributed by atoms with E-state index in [1.165, 1.54) is 6.20 Å². The summed E-state index contributed by atoms with van der Waals surface area (Å²) in [6, 6.07) is 1.87. The summed E-state index contributed by atoms with van der Waals surface area (Å²) in [7, 11) is 1.88. The molecule has 0 bridgehead atoms. The summed E-state index contributed by atoms with van der Waals surface area (Å²) in [6.45, 7) is 6.54. The first-order chi connectivity index (χ1) is 8.79. The van der Waals surface area contributed by atoms with Crippen molar-refractivity contribution >= 4 is 16.7 Å². The fourth-order valence-electron chi connectivity index (χ4n) is 1.95. The van der Waals surface area contributed by atoms with E-state index in [4.69, 9.17) is 0 Å². The molecule has 2 aromatic heterocycles. The number of nitrogens with zero attached hydrogens (tertiary/aromatic N) is 3. The highest BCUT2D eigenvalue weighted by atomic mass is 16.6. The molecular weight excluding hydrogens is 244 g/mol. The van der Waals surface area contributed by atoms with Crippen molar-refractivity contribution in [1.29, 1.82) is 0 Å². The number of aryl methyl sites for hydroxylation is 1. The fraction of sp³-hybridized carbons (Fsp3) is 0.462. The van der Waals surface area contributed by atoms with Crippen LogP contribution in [0, 0.1) is 10.1 Å². The molecule has 0 spiro atoms. The second-order valence-corrected chi connectivity index (χ2v) is 5.65. The van der Waals surface area contributed by atoms with Crippen LogP contribution in [0.2, 0.25) is 0 Å². The summed E-state index contributed by atoms with van der Waals surface area (Å²) < 4.78 is 1.86. The lowest BCUT2D eigenvalue weighted by Crippen LogP contribution is -2.35. The minimum absolute atomic E-state index is 0.0652. The Kier molecular flexibility index (Phi) is 3.28. The lowest BCUT2D eigenvalue weighted by Gasteiger charge is -2.20. The van der Waals surface area contributed by atoms with Crippen LogP contribution in [0.25, 0.3) is 11.0 Å². The van der Waals surface area contributed by atoms with Gasteiger partial charge in [0.2, 0.25) is 0 Å². The molecule has 0 aliphatic heterocycles. The molecular formula is C13H18N4O2. The van der Waals surface area contributed by atoms with Crippen LogP contribution in [-0.2, 0) is 13.6 Å². The largest absolute Gasteiger partial charge is 0.336 e. The predicted octanol–water partition coefficient (Wildman–Crippen LogP) is 2.37. The van der Waals surface area contributed by atoms with Crippen LogP contribution in [0.4, 0.5) is 5.69 Å². The van der Waals surface area contributed by atoms with E-state index in [0.717, 1.165) is 11.0 Å². The summed E-state index contributed by atoms with van der Waals surface area (Å²) in [5, 5.41) is 15.2. The molecule has 6 nitrogen and oxygen atoms in total. The molecule has 6 heteroatoms. The number of nitrogens with one attached hydrogen (secondary N) is 1. The van der Waals surface area contributed by atoms with Crippen LogP contribution in [-0.4, -0.2) is 20.0 Å². The number of pyridine rings is 1. The summed E-state index contributed by atoms with van der Waals surface area (Å²) in [6.07, 6.45) is 3.20. The van der Waals surface area contributed by atoms with Crippen molar-refractivity contribution in [2.45, 2.75) is 32.9 Å². The van der Waals surface area contributed by atoms with E-state index < -0.39 is 0 Å². The van der Waals surface area contributed by atoms with Crippen molar-refractivity contribution in [3.8, 4) is 0 Å². The van der Waals surface area contributed by atoms with Gasteiger partial charge in [0, 0.05) is 30.7 Å². The molecule has 102 valence electrons. The fourth-order valence-corrected chi connectivity index (χ4v) is 1.95. The van der Waals surface area contributed by atoms with E-state index in [1.54, 1.807) is 0 Å². The molecule has 0 aliphatic rings. The minimum Gasteiger partial charge on any atom is -0.336 e. The second-order valence-electron chi connectivity index (χ2n) is 5.65. The maximum atomic E-state index is 11.1. The molecule has 0 radical (unpaired) electrons. The number of hydrogen-bond donors (Lipinski definition) is 1. The van der Waals surface area contributed by atoms with E-state index in [0.29, 0.717) is 12.1 Å². The van der Waals surface area contributed by atoms with Gasteiger partial charge >= 0.3 is 0 Å². The van der Waals surface area contributed by atoms with E-state index in [9.17, 15) is 10.1 Å². The van der Waals surface area contributed by atoms with Crippen molar-refractivity contribution in [3.05, 3.63) is 34.1 Å². The van der Waals surface area contributed by atoms with Gasteiger partial charge in [0.05, 0.1) is 10.5 Å². The van der Waals surface area contributed by atoms with E-state index >= 15 is 0 Å². The lowest BCUT2D eigenvalue weighted by molar-refractivity contribution is -0.385. The van der Waals surface area contributed by atoms with E-state index in [2.05, 4.69) is 10.3 Å². The van der Waals surface area contributed by atoms with Gasteiger partial charge in [0.15, 0.2) is 0 Å². The Morgan fingerprint density at radius 2 is 2.16 bits per heavy atom. The van der Waals surface area contributed by atoms with Crippen molar-refractivity contribution in [3.63, 3.8) is 0 Å². The topological polar surface area (TPSA) is 73.0 Å². The normalized spacial score (nSPS) is 12.0. The smallest absolute Gasteiger partial charge is 0.292 e. The van der Waals surface area contributed by atoms with Gasteiger partial charge in [-0.05, 0) is 26.8 Å². The number of rotatable bonds is 3. The first-order valence-corrected chi connectivity index (χ1v) is 6.12. The molecule has 0 atom stereocenters. The lowest BCUT2D eigenvalue weighted by atomic mass is 10.1. The predicted molar refractivity (Wildman–Crippen MR) is 74.0 cm³/mol. The summed E-state index contributed by atoms with van der Waals surface area (Å²) >= 11 is 0. The SMILES string of the molecule is Cn1ccc2c(CNC(C)(C)C)c([N+](=O)[O-])cnc21. The third-order valence-electron chi connectivity index (χ3n) is 2.98. The Hall–Kier alpha value is -1.95. The summed E-state index contributed by atoms with van der Waals surface area (Å²) in [5.74, 6) is 0. The van der Waals surface area contributed by atoms with Gasteiger partial charge in [-0.15, -0.1) is 0 Å². The van der Waals surface area contributed by atoms with Crippen LogP contribution < -0.4 is 5.32 Å². The monoisotopic (exact) mass is 262 g/mol. The Bertz CT molecular complexity index is 625. The maximum Gasteiger partial charge on any atom is 0.292 e. The number of aromatic nitrogens is 2. The zero-order valence-electron chi connectivity index (χ0n) is 11.6. The van der Waals surface area contributed by atoms with Crippen LogP contribution in [0.3, 0.4) is 0 Å². The van der Waals surface area contributed by atoms with E-state index in [1.807, 2.05) is 44.6 Å². The number of nitro groups is 1. The maximum absolute atomic E-state index is 11.1. The van der Waals surface area contributed by atoms with Gasteiger partial charge in [-0.25, -0.2) is 4.98 Å². The number of fused-ring (bicyclic) bond motifs is 1. The summed E-state index contributed by atoms with van der Waals surface area (Å²) in [4.78, 5) is 14.9. The zero-order valence-corrected chi connectivity index (χ0v) is 11.6. The molecule has 0 aliphatic carbocycles. The Morgan fingerprint density at radius 3 is 2.74 bits per heavy atom. The Labute approximate surface area is 111 Å². The van der Waals surface area contributed by atoms with Gasteiger partial charge in [0.25, 0.3) is 5.69 Å². The van der Waals surface area contributed by atoms with E-state index in [-0.39, 0.29) is 16.1 Å². The third-order valence-corrected chi connectivity index (χ3v) is 2.98. The van der Waals surface area contributed by atoms with Crippen LogP contribution in [0.15, 0.2) is 18.5 Å². The van der Waals surface area contributed by atoms with Gasteiger partial charge in [-0.2, -0.15) is 0 Å². The average Bonchev–Trinajstić information content (AvgIpc) is 2.67. The Morgan fingerprint density at radius 1 is 1.47 bits per heavy atom.